The molecule has 1 saturated carbocycles. The van der Waals surface area contributed by atoms with Crippen molar-refractivity contribution in [3.05, 3.63) is 0 Å². The topological polar surface area (TPSA) is 19.9 Å². The van der Waals surface area contributed by atoms with Gasteiger partial charge in [0.2, 0.25) is 0 Å². The van der Waals surface area contributed by atoms with Crippen LogP contribution in [0.25, 0.3) is 0 Å². The minimum atomic E-state index is -1.30. The molecule has 0 aromatic carbocycles. The number of alkyl halides is 2. The van der Waals surface area contributed by atoms with E-state index in [1.165, 1.54) is 0 Å². The minimum absolute atomic E-state index is 0.320. The Morgan fingerprint density at radius 1 is 1.83 bits per heavy atom. The summed E-state index contributed by atoms with van der Waals surface area (Å²) in [4.78, 5) is 0. The average Bonchev–Trinajstić information content (AvgIpc) is 1.73. The first-order valence-electron chi connectivity index (χ1n) is 1.66. The molecule has 0 amide bonds. The molecule has 0 spiro atoms. The molecule has 35 valence electrons. The predicted octanol–water partition coefficient (Wildman–Crippen LogP) is 1.36. The SMILES string of the molecule is [O]C1(Cl)CC1Cl. The van der Waals surface area contributed by atoms with Gasteiger partial charge in [-0.2, -0.15) is 0 Å². The Morgan fingerprint density at radius 3 is 2.00 bits per heavy atom. The van der Waals surface area contributed by atoms with E-state index in [9.17, 15) is 5.11 Å². The van der Waals surface area contributed by atoms with Crippen molar-refractivity contribution in [1.82, 2.24) is 0 Å². The summed E-state index contributed by atoms with van der Waals surface area (Å²) < 4.78 is 0. The van der Waals surface area contributed by atoms with E-state index in [-0.39, 0.29) is 5.38 Å². The van der Waals surface area contributed by atoms with Gasteiger partial charge < -0.3 is 0 Å². The molecule has 1 aliphatic rings. The van der Waals surface area contributed by atoms with Crippen molar-refractivity contribution in [2.45, 2.75) is 16.9 Å². The van der Waals surface area contributed by atoms with Crippen molar-refractivity contribution in [2.24, 2.45) is 0 Å². The van der Waals surface area contributed by atoms with Crippen LogP contribution in [0.15, 0.2) is 0 Å². The van der Waals surface area contributed by atoms with E-state index in [0.29, 0.717) is 6.42 Å². The van der Waals surface area contributed by atoms with Crippen LogP contribution in [-0.4, -0.2) is 10.4 Å². The second-order valence-electron chi connectivity index (χ2n) is 1.46. The van der Waals surface area contributed by atoms with E-state index in [1.807, 2.05) is 0 Å². The summed E-state index contributed by atoms with van der Waals surface area (Å²) in [6.45, 7) is 0. The number of hydrogen-bond donors (Lipinski definition) is 0. The Morgan fingerprint density at radius 2 is 2.00 bits per heavy atom. The largest absolute Gasteiger partial charge is 0.210 e. The van der Waals surface area contributed by atoms with Crippen molar-refractivity contribution < 1.29 is 5.11 Å². The van der Waals surface area contributed by atoms with Gasteiger partial charge >= 0.3 is 0 Å². The molecule has 0 heterocycles. The van der Waals surface area contributed by atoms with Gasteiger partial charge in [-0.05, 0) is 0 Å². The van der Waals surface area contributed by atoms with Gasteiger partial charge in [0.15, 0.2) is 5.06 Å². The van der Waals surface area contributed by atoms with Crippen molar-refractivity contribution in [2.75, 3.05) is 0 Å². The second-order valence-corrected chi connectivity index (χ2v) is 2.62. The summed E-state index contributed by atoms with van der Waals surface area (Å²) in [6, 6.07) is 0. The van der Waals surface area contributed by atoms with Crippen LogP contribution < -0.4 is 0 Å². The lowest BCUT2D eigenvalue weighted by Crippen LogP contribution is -1.93. The van der Waals surface area contributed by atoms with E-state index in [0.717, 1.165) is 0 Å². The molecular weight excluding hydrogens is 123 g/mol. The van der Waals surface area contributed by atoms with E-state index >= 15 is 0 Å². The highest BCUT2D eigenvalue weighted by Gasteiger charge is 2.52. The Balaban J connectivity index is 2.41. The molecule has 1 radical (unpaired) electrons. The lowest BCUT2D eigenvalue weighted by Gasteiger charge is -1.82. The van der Waals surface area contributed by atoms with E-state index < -0.39 is 5.06 Å². The van der Waals surface area contributed by atoms with Gasteiger partial charge in [-0.15, -0.1) is 11.6 Å². The second kappa shape index (κ2) is 1.03. The van der Waals surface area contributed by atoms with Gasteiger partial charge in [0.1, 0.15) is 0 Å². The molecule has 1 nitrogen and oxygen atoms in total. The first kappa shape index (κ1) is 4.69. The summed E-state index contributed by atoms with van der Waals surface area (Å²) in [5.41, 5.74) is 0. The molecule has 0 bridgehead atoms. The van der Waals surface area contributed by atoms with Gasteiger partial charge in [-0.1, -0.05) is 11.6 Å². The first-order valence-corrected chi connectivity index (χ1v) is 2.48. The fraction of sp³-hybridized carbons (Fsp3) is 1.00. The molecule has 2 atom stereocenters. The Labute approximate surface area is 45.9 Å². The lowest BCUT2D eigenvalue weighted by molar-refractivity contribution is 0.140. The summed E-state index contributed by atoms with van der Waals surface area (Å²) in [6.07, 6.45) is 0.413. The molecule has 0 aliphatic heterocycles. The van der Waals surface area contributed by atoms with Crippen LogP contribution in [-0.2, 0) is 5.11 Å². The zero-order valence-corrected chi connectivity index (χ0v) is 4.46. The van der Waals surface area contributed by atoms with Gasteiger partial charge in [-0.3, -0.25) is 0 Å². The van der Waals surface area contributed by atoms with Crippen LogP contribution in [0.3, 0.4) is 0 Å². The maximum absolute atomic E-state index is 10.2. The van der Waals surface area contributed by atoms with Crippen LogP contribution >= 0.6 is 23.2 Å². The van der Waals surface area contributed by atoms with Crippen molar-refractivity contribution in [1.29, 1.82) is 0 Å². The highest BCUT2D eigenvalue weighted by Crippen LogP contribution is 2.45. The first-order chi connectivity index (χ1) is 2.63. The third-order valence-electron chi connectivity index (χ3n) is 0.765. The van der Waals surface area contributed by atoms with Gasteiger partial charge in [0, 0.05) is 6.42 Å². The number of rotatable bonds is 0. The number of hydrogen-bond acceptors (Lipinski definition) is 0. The highest BCUT2D eigenvalue weighted by atomic mass is 35.5. The van der Waals surface area contributed by atoms with Crippen LogP contribution in [0.1, 0.15) is 6.42 Å². The monoisotopic (exact) mass is 125 g/mol. The molecule has 0 aromatic heterocycles. The van der Waals surface area contributed by atoms with Crippen molar-refractivity contribution >= 4 is 23.2 Å². The third-order valence-corrected chi connectivity index (χ3v) is 1.80. The third kappa shape index (κ3) is 0.625. The van der Waals surface area contributed by atoms with Crippen LogP contribution in [0.5, 0.6) is 0 Å². The van der Waals surface area contributed by atoms with Gasteiger partial charge in [0.25, 0.3) is 0 Å². The van der Waals surface area contributed by atoms with E-state index in [1.54, 1.807) is 0 Å². The fourth-order valence-corrected chi connectivity index (χ4v) is 0.648. The molecule has 0 aromatic rings. The van der Waals surface area contributed by atoms with Crippen LogP contribution in [0, 0.1) is 0 Å². The predicted molar refractivity (Wildman–Crippen MR) is 23.5 cm³/mol. The molecule has 1 rings (SSSR count). The van der Waals surface area contributed by atoms with Crippen molar-refractivity contribution in [3.63, 3.8) is 0 Å². The maximum atomic E-state index is 10.2. The van der Waals surface area contributed by atoms with Crippen molar-refractivity contribution in [3.8, 4) is 0 Å². The molecule has 1 aliphatic carbocycles. The lowest BCUT2D eigenvalue weighted by atomic mass is 10.8. The molecule has 2 unspecified atom stereocenters. The molecule has 3 heteroatoms. The molecule has 0 saturated heterocycles. The Hall–Kier alpha value is 0.540. The standard InChI is InChI=1S/C3H3Cl2O/c4-2-1-3(2,5)6/h2H,1H2. The smallest absolute Gasteiger partial charge is 0.194 e. The molecule has 0 N–H and O–H groups in total. The summed E-state index contributed by atoms with van der Waals surface area (Å²) in [5, 5.41) is 8.56. The quantitative estimate of drug-likeness (QED) is 0.436. The Kier molecular flexibility index (Phi) is 0.804. The zero-order chi connectivity index (χ0) is 4.78. The van der Waals surface area contributed by atoms with Crippen LogP contribution in [0.4, 0.5) is 0 Å². The minimum Gasteiger partial charge on any atom is -0.210 e. The maximum Gasteiger partial charge on any atom is 0.194 e. The average molecular weight is 126 g/mol. The molecular formula is C3H3Cl2O. The summed E-state index contributed by atoms with van der Waals surface area (Å²) in [7, 11) is 0. The normalized spacial score (nSPS) is 55.5. The van der Waals surface area contributed by atoms with Gasteiger partial charge in [0.05, 0.1) is 5.38 Å². The molecule has 6 heavy (non-hydrogen) atoms. The highest BCUT2D eigenvalue weighted by molar-refractivity contribution is 6.35. The fourth-order valence-electron chi connectivity index (χ4n) is 0.185. The molecule has 1 fully saturated rings. The van der Waals surface area contributed by atoms with E-state index in [2.05, 4.69) is 0 Å². The summed E-state index contributed by atoms with van der Waals surface area (Å²) >= 11 is 10.3. The summed E-state index contributed by atoms with van der Waals surface area (Å²) in [5.74, 6) is 0. The van der Waals surface area contributed by atoms with Gasteiger partial charge in [-0.25, -0.2) is 5.11 Å². The number of halogens is 2. The van der Waals surface area contributed by atoms with Crippen LogP contribution in [0.2, 0.25) is 0 Å². The van der Waals surface area contributed by atoms with E-state index in [4.69, 9.17) is 23.2 Å². The zero-order valence-electron chi connectivity index (χ0n) is 2.95. The Bertz CT molecular complexity index is 71.2.